The van der Waals surface area contributed by atoms with E-state index in [0.717, 1.165) is 65.2 Å². The largest absolute Gasteiger partial charge is 0.340 e. The van der Waals surface area contributed by atoms with Crippen molar-refractivity contribution in [3.63, 3.8) is 0 Å². The number of piperazine rings is 1. The van der Waals surface area contributed by atoms with Gasteiger partial charge in [0.1, 0.15) is 0 Å². The Labute approximate surface area is 158 Å². The molecule has 3 rings (SSSR count). The van der Waals surface area contributed by atoms with Crippen LogP contribution in [0, 0.1) is 5.92 Å². The van der Waals surface area contributed by atoms with Gasteiger partial charge in [-0.1, -0.05) is 30.3 Å². The fraction of sp³-hybridized carbons (Fsp3) is 0.667. The van der Waals surface area contributed by atoms with E-state index in [2.05, 4.69) is 64.3 Å². The molecule has 2 heterocycles. The maximum absolute atomic E-state index is 12.7. The standard InChI is InChI=1S/C21H34N4O/c1-18-16-20(8-9-22-18)21(26)25-14-12-24(13-15-25)11-10-23(2)17-19-6-4-3-5-7-19/h3-7,18,20,22H,8-17H2,1-2H3/t18-,20-/m0/s1. The van der Waals surface area contributed by atoms with E-state index in [1.165, 1.54) is 5.56 Å². The Morgan fingerprint density at radius 2 is 1.92 bits per heavy atom. The highest BCUT2D eigenvalue weighted by Crippen LogP contribution is 2.19. The predicted octanol–water partition coefficient (Wildman–Crippen LogP) is 1.65. The molecule has 0 aliphatic carbocycles. The molecule has 1 N–H and O–H groups in total. The summed E-state index contributed by atoms with van der Waals surface area (Å²) in [4.78, 5) is 19.7. The molecule has 0 unspecified atom stereocenters. The first-order valence-corrected chi connectivity index (χ1v) is 10.1. The van der Waals surface area contributed by atoms with Crippen LogP contribution in [-0.4, -0.2) is 79.5 Å². The van der Waals surface area contributed by atoms with Gasteiger partial charge in [-0.2, -0.15) is 0 Å². The summed E-state index contributed by atoms with van der Waals surface area (Å²) in [6.45, 7) is 10.1. The van der Waals surface area contributed by atoms with E-state index in [0.29, 0.717) is 11.9 Å². The molecule has 2 aliphatic heterocycles. The average Bonchev–Trinajstić information content (AvgIpc) is 2.67. The molecule has 2 atom stereocenters. The Kier molecular flexibility index (Phi) is 7.06. The van der Waals surface area contributed by atoms with Gasteiger partial charge in [0.25, 0.3) is 0 Å². The van der Waals surface area contributed by atoms with Gasteiger partial charge in [-0.3, -0.25) is 9.69 Å². The first-order valence-electron chi connectivity index (χ1n) is 10.1. The van der Waals surface area contributed by atoms with E-state index in [1.807, 2.05) is 0 Å². The highest BCUT2D eigenvalue weighted by atomic mass is 16.2. The number of benzene rings is 1. The van der Waals surface area contributed by atoms with E-state index in [1.54, 1.807) is 0 Å². The van der Waals surface area contributed by atoms with Crippen molar-refractivity contribution in [3.8, 4) is 0 Å². The summed E-state index contributed by atoms with van der Waals surface area (Å²) < 4.78 is 0. The quantitative estimate of drug-likeness (QED) is 0.839. The van der Waals surface area contributed by atoms with Crippen molar-refractivity contribution in [2.45, 2.75) is 32.4 Å². The SMILES string of the molecule is C[C@H]1C[C@@H](C(=O)N2CCN(CCN(C)Cc3ccccc3)CC2)CCN1. The molecular formula is C21H34N4O. The molecular weight excluding hydrogens is 324 g/mol. The summed E-state index contributed by atoms with van der Waals surface area (Å²) in [6, 6.07) is 11.1. The third kappa shape index (κ3) is 5.53. The minimum absolute atomic E-state index is 0.231. The van der Waals surface area contributed by atoms with Gasteiger partial charge in [0.15, 0.2) is 0 Å². The van der Waals surface area contributed by atoms with Crippen LogP contribution in [-0.2, 0) is 11.3 Å². The molecule has 1 aromatic carbocycles. The van der Waals surface area contributed by atoms with Crippen LogP contribution in [0.3, 0.4) is 0 Å². The maximum atomic E-state index is 12.7. The summed E-state index contributed by atoms with van der Waals surface area (Å²) in [5, 5.41) is 3.44. The number of likely N-dealkylation sites (N-methyl/N-ethyl adjacent to an activating group) is 1. The van der Waals surface area contributed by atoms with Crippen molar-refractivity contribution in [3.05, 3.63) is 35.9 Å². The summed E-state index contributed by atoms with van der Waals surface area (Å²) in [5.74, 6) is 0.619. The van der Waals surface area contributed by atoms with Crippen molar-refractivity contribution < 1.29 is 4.79 Å². The second-order valence-electron chi connectivity index (χ2n) is 7.97. The number of carbonyl (C=O) groups is 1. The third-order valence-electron chi connectivity index (χ3n) is 5.75. The number of nitrogens with zero attached hydrogens (tertiary/aromatic N) is 3. The fourth-order valence-electron chi connectivity index (χ4n) is 4.09. The Morgan fingerprint density at radius 1 is 1.19 bits per heavy atom. The van der Waals surface area contributed by atoms with Gasteiger partial charge < -0.3 is 15.1 Å². The lowest BCUT2D eigenvalue weighted by Gasteiger charge is -2.38. The van der Waals surface area contributed by atoms with Crippen LogP contribution >= 0.6 is 0 Å². The average molecular weight is 359 g/mol. The number of hydrogen-bond donors (Lipinski definition) is 1. The molecule has 2 saturated heterocycles. The summed E-state index contributed by atoms with van der Waals surface area (Å²) in [6.07, 6.45) is 1.98. The Balaban J connectivity index is 1.36. The number of amides is 1. The lowest BCUT2D eigenvalue weighted by atomic mass is 9.92. The van der Waals surface area contributed by atoms with Gasteiger partial charge in [0, 0.05) is 57.8 Å². The van der Waals surface area contributed by atoms with Crippen LogP contribution in [0.2, 0.25) is 0 Å². The smallest absolute Gasteiger partial charge is 0.225 e. The molecule has 26 heavy (non-hydrogen) atoms. The molecule has 1 amide bonds. The van der Waals surface area contributed by atoms with Gasteiger partial charge in [-0.25, -0.2) is 0 Å². The van der Waals surface area contributed by atoms with Crippen LogP contribution in [0.4, 0.5) is 0 Å². The Morgan fingerprint density at radius 3 is 2.62 bits per heavy atom. The molecule has 2 aliphatic rings. The van der Waals surface area contributed by atoms with Crippen LogP contribution < -0.4 is 5.32 Å². The van der Waals surface area contributed by atoms with Crippen LogP contribution in [0.5, 0.6) is 0 Å². The van der Waals surface area contributed by atoms with E-state index in [4.69, 9.17) is 0 Å². The van der Waals surface area contributed by atoms with E-state index in [9.17, 15) is 4.79 Å². The number of hydrogen-bond acceptors (Lipinski definition) is 4. The summed E-state index contributed by atoms with van der Waals surface area (Å²) in [7, 11) is 2.19. The van der Waals surface area contributed by atoms with Crippen molar-refractivity contribution in [1.29, 1.82) is 0 Å². The van der Waals surface area contributed by atoms with Crippen LogP contribution in [0.1, 0.15) is 25.3 Å². The first kappa shape index (κ1) is 19.3. The van der Waals surface area contributed by atoms with E-state index < -0.39 is 0 Å². The number of piperidine rings is 1. The fourth-order valence-corrected chi connectivity index (χ4v) is 4.09. The highest BCUT2D eigenvalue weighted by molar-refractivity contribution is 5.79. The molecule has 1 aromatic rings. The second-order valence-corrected chi connectivity index (χ2v) is 7.97. The van der Waals surface area contributed by atoms with Crippen molar-refractivity contribution >= 4 is 5.91 Å². The Hall–Kier alpha value is -1.43. The Bertz CT molecular complexity index is 556. The molecule has 0 bridgehead atoms. The summed E-state index contributed by atoms with van der Waals surface area (Å²) >= 11 is 0. The lowest BCUT2D eigenvalue weighted by Crippen LogP contribution is -2.52. The second kappa shape index (κ2) is 9.49. The highest BCUT2D eigenvalue weighted by Gasteiger charge is 2.30. The number of rotatable bonds is 6. The topological polar surface area (TPSA) is 38.8 Å². The van der Waals surface area contributed by atoms with Crippen molar-refractivity contribution in [2.75, 3.05) is 52.9 Å². The van der Waals surface area contributed by atoms with Crippen molar-refractivity contribution in [1.82, 2.24) is 20.0 Å². The molecule has 0 saturated carbocycles. The zero-order valence-corrected chi connectivity index (χ0v) is 16.4. The molecule has 0 spiro atoms. The van der Waals surface area contributed by atoms with Gasteiger partial charge in [0.2, 0.25) is 5.91 Å². The van der Waals surface area contributed by atoms with Gasteiger partial charge >= 0.3 is 0 Å². The van der Waals surface area contributed by atoms with Crippen LogP contribution in [0.15, 0.2) is 30.3 Å². The normalized spacial score (nSPS) is 24.8. The van der Waals surface area contributed by atoms with Gasteiger partial charge in [0.05, 0.1) is 0 Å². The molecule has 5 nitrogen and oxygen atoms in total. The van der Waals surface area contributed by atoms with Gasteiger partial charge in [-0.15, -0.1) is 0 Å². The zero-order valence-electron chi connectivity index (χ0n) is 16.4. The van der Waals surface area contributed by atoms with Gasteiger partial charge in [-0.05, 0) is 38.9 Å². The predicted molar refractivity (Wildman–Crippen MR) is 106 cm³/mol. The molecule has 2 fully saturated rings. The maximum Gasteiger partial charge on any atom is 0.225 e. The van der Waals surface area contributed by atoms with Crippen LogP contribution in [0.25, 0.3) is 0 Å². The molecule has 0 aromatic heterocycles. The minimum Gasteiger partial charge on any atom is -0.340 e. The van der Waals surface area contributed by atoms with E-state index in [-0.39, 0.29) is 5.92 Å². The first-order chi connectivity index (χ1) is 12.6. The monoisotopic (exact) mass is 358 g/mol. The lowest BCUT2D eigenvalue weighted by molar-refractivity contribution is -0.138. The minimum atomic E-state index is 0.231. The molecule has 144 valence electrons. The van der Waals surface area contributed by atoms with Crippen molar-refractivity contribution in [2.24, 2.45) is 5.92 Å². The summed E-state index contributed by atoms with van der Waals surface area (Å²) in [5.41, 5.74) is 1.36. The number of carbonyl (C=O) groups excluding carboxylic acids is 1. The van der Waals surface area contributed by atoms with E-state index >= 15 is 0 Å². The zero-order chi connectivity index (χ0) is 18.4. The molecule has 5 heteroatoms. The molecule has 0 radical (unpaired) electrons. The number of nitrogens with one attached hydrogen (secondary N) is 1. The third-order valence-corrected chi connectivity index (χ3v) is 5.75.